The molecule has 92 valence electrons. The molecule has 0 aromatic carbocycles. The van der Waals surface area contributed by atoms with E-state index in [2.05, 4.69) is 15.4 Å². The lowest BCUT2D eigenvalue weighted by Crippen LogP contribution is -2.30. The number of nitrogens with zero attached hydrogens (tertiary/aromatic N) is 3. The minimum absolute atomic E-state index is 0.00483. The monoisotopic (exact) mass is 232 g/mol. The average molecular weight is 232 g/mol. The lowest BCUT2D eigenvalue weighted by molar-refractivity contribution is -0.138. The third kappa shape index (κ3) is 6.99. The molecular weight excluding hydrogens is 215 g/mol. The molecule has 0 heterocycles. The molecule has 16 heavy (non-hydrogen) atoms. The molecule has 0 aliphatic heterocycles. The minimum atomic E-state index is -1.03. The fourth-order valence-corrected chi connectivity index (χ4v) is 0.920. The highest BCUT2D eigenvalue weighted by Crippen LogP contribution is 2.01. The number of hydrogen-bond donors (Lipinski definition) is 2. The summed E-state index contributed by atoms with van der Waals surface area (Å²) in [5.41, 5.74) is 6.05. The molecule has 0 bridgehead atoms. The van der Waals surface area contributed by atoms with E-state index in [-0.39, 0.29) is 6.54 Å². The molecule has 1 unspecified atom stereocenters. The van der Waals surface area contributed by atoms with Crippen LogP contribution in [0.4, 0.5) is 4.39 Å². The third-order valence-electron chi connectivity index (χ3n) is 1.90. The van der Waals surface area contributed by atoms with Crippen LogP contribution in [0.15, 0.2) is 15.4 Å². The van der Waals surface area contributed by atoms with Crippen molar-refractivity contribution in [3.63, 3.8) is 0 Å². The number of hydrogen-bond acceptors (Lipinski definition) is 4. The van der Waals surface area contributed by atoms with Crippen molar-refractivity contribution in [2.24, 2.45) is 21.2 Å². The third-order valence-corrected chi connectivity index (χ3v) is 1.90. The van der Waals surface area contributed by atoms with Gasteiger partial charge in [-0.15, -0.1) is 5.10 Å². The number of carbonyl (C=O) groups is 1. The second-order valence-electron chi connectivity index (χ2n) is 3.15. The standard InChI is InChI=1S/C9H17FN4O2/c1-2-7(13-14-12-6-5-10)3-4-8(11)9(15)16/h8H,2-6,11H2,1H3,(H,15,16)/b13-7+,14-12+. The van der Waals surface area contributed by atoms with E-state index in [1.165, 1.54) is 0 Å². The van der Waals surface area contributed by atoms with Gasteiger partial charge in [0.2, 0.25) is 0 Å². The average Bonchev–Trinajstić information content (AvgIpc) is 2.27. The largest absolute Gasteiger partial charge is 0.480 e. The molecule has 0 saturated heterocycles. The van der Waals surface area contributed by atoms with Crippen molar-refractivity contribution in [1.29, 1.82) is 0 Å². The van der Waals surface area contributed by atoms with Crippen molar-refractivity contribution in [3.05, 3.63) is 0 Å². The Balaban J connectivity index is 4.04. The number of aliphatic carboxylic acids is 1. The summed E-state index contributed by atoms with van der Waals surface area (Å²) in [6.07, 6.45) is 1.40. The molecule has 0 saturated carbocycles. The van der Waals surface area contributed by atoms with Crippen molar-refractivity contribution < 1.29 is 14.3 Å². The first-order valence-corrected chi connectivity index (χ1v) is 5.08. The highest BCUT2D eigenvalue weighted by Gasteiger charge is 2.11. The van der Waals surface area contributed by atoms with E-state index in [1.54, 1.807) is 0 Å². The summed E-state index contributed by atoms with van der Waals surface area (Å²) in [5.74, 6) is -1.03. The zero-order valence-electron chi connectivity index (χ0n) is 9.27. The van der Waals surface area contributed by atoms with Gasteiger partial charge in [0.05, 0.1) is 6.54 Å². The molecular formula is C9H17FN4O2. The molecule has 0 radical (unpaired) electrons. The molecule has 6 nitrogen and oxygen atoms in total. The Morgan fingerprint density at radius 1 is 1.56 bits per heavy atom. The molecule has 7 heteroatoms. The Morgan fingerprint density at radius 3 is 2.75 bits per heavy atom. The Morgan fingerprint density at radius 2 is 2.25 bits per heavy atom. The van der Waals surface area contributed by atoms with Crippen molar-refractivity contribution in [2.45, 2.75) is 32.2 Å². The van der Waals surface area contributed by atoms with E-state index in [0.717, 1.165) is 0 Å². The Hall–Kier alpha value is -1.37. The van der Waals surface area contributed by atoms with E-state index in [1.807, 2.05) is 6.92 Å². The van der Waals surface area contributed by atoms with Gasteiger partial charge in [-0.1, -0.05) is 6.92 Å². The molecule has 0 rings (SSSR count). The van der Waals surface area contributed by atoms with Gasteiger partial charge in [-0.05, 0) is 24.5 Å². The van der Waals surface area contributed by atoms with Gasteiger partial charge in [0.25, 0.3) is 0 Å². The Kier molecular flexibility index (Phi) is 8.14. The van der Waals surface area contributed by atoms with Gasteiger partial charge >= 0.3 is 5.97 Å². The van der Waals surface area contributed by atoms with E-state index < -0.39 is 18.7 Å². The summed E-state index contributed by atoms with van der Waals surface area (Å²) in [5, 5.41) is 19.2. The predicted octanol–water partition coefficient (Wildman–Crippen LogP) is 1.37. The fraction of sp³-hybridized carbons (Fsp3) is 0.778. The normalized spacial score (nSPS) is 14.3. The van der Waals surface area contributed by atoms with Crippen LogP contribution in [-0.2, 0) is 4.79 Å². The summed E-state index contributed by atoms with van der Waals surface area (Å²) < 4.78 is 11.7. The minimum Gasteiger partial charge on any atom is -0.480 e. The first kappa shape index (κ1) is 14.6. The van der Waals surface area contributed by atoms with Crippen LogP contribution in [0.5, 0.6) is 0 Å². The van der Waals surface area contributed by atoms with E-state index >= 15 is 0 Å². The number of nitrogens with two attached hydrogens (primary N) is 1. The molecule has 0 spiro atoms. The van der Waals surface area contributed by atoms with Gasteiger partial charge < -0.3 is 10.8 Å². The summed E-state index contributed by atoms with van der Waals surface area (Å²) in [6.45, 7) is 1.30. The summed E-state index contributed by atoms with van der Waals surface area (Å²) >= 11 is 0. The van der Waals surface area contributed by atoms with E-state index in [0.29, 0.717) is 25.0 Å². The maximum Gasteiger partial charge on any atom is 0.320 e. The lowest BCUT2D eigenvalue weighted by Gasteiger charge is -2.05. The number of rotatable bonds is 8. The van der Waals surface area contributed by atoms with Crippen molar-refractivity contribution in [1.82, 2.24) is 0 Å². The summed E-state index contributed by atoms with van der Waals surface area (Å²) in [6, 6.07) is -0.889. The highest BCUT2D eigenvalue weighted by atomic mass is 19.1. The van der Waals surface area contributed by atoms with Crippen molar-refractivity contribution in [3.8, 4) is 0 Å². The van der Waals surface area contributed by atoms with Crippen LogP contribution in [0.1, 0.15) is 26.2 Å². The zero-order chi connectivity index (χ0) is 12.4. The smallest absolute Gasteiger partial charge is 0.320 e. The summed E-state index contributed by atoms with van der Waals surface area (Å²) in [4.78, 5) is 10.5. The van der Waals surface area contributed by atoms with Crippen LogP contribution in [-0.4, -0.2) is 36.0 Å². The van der Waals surface area contributed by atoms with Gasteiger partial charge in [0.15, 0.2) is 0 Å². The number of carboxylic acid groups (broad SMARTS) is 1. The van der Waals surface area contributed by atoms with Gasteiger partial charge in [0, 0.05) is 5.71 Å². The molecule has 0 fully saturated rings. The highest BCUT2D eigenvalue weighted by molar-refractivity contribution is 5.84. The Labute approximate surface area is 93.4 Å². The maximum absolute atomic E-state index is 11.7. The van der Waals surface area contributed by atoms with Crippen LogP contribution in [0, 0.1) is 0 Å². The van der Waals surface area contributed by atoms with E-state index in [9.17, 15) is 9.18 Å². The Bertz CT molecular complexity index is 268. The van der Waals surface area contributed by atoms with Crippen LogP contribution < -0.4 is 5.73 Å². The molecule has 0 aromatic rings. The second-order valence-corrected chi connectivity index (χ2v) is 3.15. The van der Waals surface area contributed by atoms with Crippen LogP contribution in [0.2, 0.25) is 0 Å². The van der Waals surface area contributed by atoms with Crippen LogP contribution in [0.25, 0.3) is 0 Å². The first-order chi connectivity index (χ1) is 7.61. The SMILES string of the molecule is CC/C(CCC(N)C(=O)O)=N\N=N\CCF. The predicted molar refractivity (Wildman–Crippen MR) is 58.3 cm³/mol. The summed E-state index contributed by atoms with van der Waals surface area (Å²) in [7, 11) is 0. The molecule has 0 aliphatic carbocycles. The van der Waals surface area contributed by atoms with Gasteiger partial charge in [-0.2, -0.15) is 5.11 Å². The number of carboxylic acids is 1. The molecule has 1 atom stereocenters. The molecule has 0 aliphatic rings. The topological polar surface area (TPSA) is 100 Å². The van der Waals surface area contributed by atoms with Crippen LogP contribution >= 0.6 is 0 Å². The van der Waals surface area contributed by atoms with Gasteiger partial charge in [-0.3, -0.25) is 4.79 Å². The zero-order valence-corrected chi connectivity index (χ0v) is 9.27. The molecule has 0 aromatic heterocycles. The van der Waals surface area contributed by atoms with E-state index in [4.69, 9.17) is 10.8 Å². The first-order valence-electron chi connectivity index (χ1n) is 5.08. The second kappa shape index (κ2) is 8.90. The fourth-order valence-electron chi connectivity index (χ4n) is 0.920. The quantitative estimate of drug-likeness (QED) is 0.375. The van der Waals surface area contributed by atoms with Gasteiger partial charge in [0.1, 0.15) is 12.7 Å². The molecule has 0 amide bonds. The number of halogens is 1. The number of alkyl halides is 1. The molecule has 3 N–H and O–H groups in total. The van der Waals surface area contributed by atoms with Crippen molar-refractivity contribution >= 4 is 11.7 Å². The van der Waals surface area contributed by atoms with Crippen molar-refractivity contribution in [2.75, 3.05) is 13.2 Å². The lowest BCUT2D eigenvalue weighted by atomic mass is 10.1. The van der Waals surface area contributed by atoms with Gasteiger partial charge in [-0.25, -0.2) is 4.39 Å². The van der Waals surface area contributed by atoms with Crippen LogP contribution in [0.3, 0.4) is 0 Å². The maximum atomic E-state index is 11.7.